The van der Waals surface area contributed by atoms with Gasteiger partial charge in [0.1, 0.15) is 36.1 Å². The largest absolute Gasteiger partial charge is 0.489 e. The number of carbonyl (C=O) groups is 5. The van der Waals surface area contributed by atoms with E-state index in [-0.39, 0.29) is 25.2 Å². The molecule has 4 amide bonds. The van der Waals surface area contributed by atoms with Crippen LogP contribution in [0.3, 0.4) is 0 Å². The van der Waals surface area contributed by atoms with Crippen LogP contribution >= 0.6 is 0 Å². The van der Waals surface area contributed by atoms with Crippen molar-refractivity contribution in [1.29, 1.82) is 0 Å². The van der Waals surface area contributed by atoms with Gasteiger partial charge in [-0.2, -0.15) is 0 Å². The zero-order valence-corrected chi connectivity index (χ0v) is 26.9. The average molecular weight is 627 g/mol. The first-order valence-corrected chi connectivity index (χ1v) is 14.9. The van der Waals surface area contributed by atoms with Crippen LogP contribution in [0.1, 0.15) is 65.0 Å². The normalized spacial score (nSPS) is 13.1. The van der Waals surface area contributed by atoms with Gasteiger partial charge in [0.05, 0.1) is 7.11 Å². The predicted molar refractivity (Wildman–Crippen MR) is 168 cm³/mol. The number of hydrogen-bond donors (Lipinski definition) is 4. The summed E-state index contributed by atoms with van der Waals surface area (Å²) in [6.45, 7) is 9.17. The molecular formula is C33H46N4O8. The molecule has 3 unspecified atom stereocenters. The van der Waals surface area contributed by atoms with Gasteiger partial charge in [-0.15, -0.1) is 0 Å². The summed E-state index contributed by atoms with van der Waals surface area (Å²) in [6.07, 6.45) is -0.798. The van der Waals surface area contributed by atoms with Crippen molar-refractivity contribution in [3.63, 3.8) is 0 Å². The van der Waals surface area contributed by atoms with Gasteiger partial charge < -0.3 is 35.9 Å². The van der Waals surface area contributed by atoms with E-state index in [4.69, 9.17) is 19.9 Å². The molecule has 2 aromatic rings. The van der Waals surface area contributed by atoms with Crippen LogP contribution in [0, 0.1) is 5.92 Å². The number of rotatable bonds is 16. The number of primary amides is 1. The van der Waals surface area contributed by atoms with Gasteiger partial charge in [-0.1, -0.05) is 56.3 Å². The van der Waals surface area contributed by atoms with Gasteiger partial charge in [-0.05, 0) is 62.8 Å². The van der Waals surface area contributed by atoms with E-state index in [9.17, 15) is 24.0 Å². The highest BCUT2D eigenvalue weighted by atomic mass is 16.6. The standard InChI is InChI=1S/C33H46N4O8/c1-21(2)18-27(31(41)43-6)36-29(39)25(16-17-28(34)38)35-30(40)26(37-32(42)45-33(3,4)5)19-22-12-14-23(15-13-22)20-44-24-10-8-7-9-11-24/h7-15,21,25-27H,16-20H2,1-6H3,(H2,34,38)(H,35,40)(H,36,39)(H,37,42). The van der Waals surface area contributed by atoms with Crippen molar-refractivity contribution in [1.82, 2.24) is 16.0 Å². The Balaban J connectivity index is 2.24. The van der Waals surface area contributed by atoms with Gasteiger partial charge in [0.15, 0.2) is 0 Å². The Morgan fingerprint density at radius 3 is 1.93 bits per heavy atom. The lowest BCUT2D eigenvalue weighted by molar-refractivity contribution is -0.146. The van der Waals surface area contributed by atoms with Gasteiger partial charge in [0.2, 0.25) is 17.7 Å². The first-order chi connectivity index (χ1) is 21.2. The predicted octanol–water partition coefficient (Wildman–Crippen LogP) is 3.16. The van der Waals surface area contributed by atoms with Gasteiger partial charge in [-0.3, -0.25) is 14.4 Å². The maximum absolute atomic E-state index is 13.6. The molecule has 3 atom stereocenters. The monoisotopic (exact) mass is 626 g/mol. The smallest absolute Gasteiger partial charge is 0.408 e. The van der Waals surface area contributed by atoms with Crippen molar-refractivity contribution < 1.29 is 38.2 Å². The molecule has 0 aliphatic rings. The van der Waals surface area contributed by atoms with E-state index in [1.54, 1.807) is 20.8 Å². The maximum Gasteiger partial charge on any atom is 0.408 e. The molecular weight excluding hydrogens is 580 g/mol. The van der Waals surface area contributed by atoms with Gasteiger partial charge in [0.25, 0.3) is 0 Å². The molecule has 246 valence electrons. The minimum absolute atomic E-state index is 0.0479. The van der Waals surface area contributed by atoms with Crippen LogP contribution in [0.15, 0.2) is 54.6 Å². The second-order valence-corrected chi connectivity index (χ2v) is 12.1. The number of benzene rings is 2. The summed E-state index contributed by atoms with van der Waals surface area (Å²) in [4.78, 5) is 63.5. The van der Waals surface area contributed by atoms with Gasteiger partial charge >= 0.3 is 12.1 Å². The molecule has 2 aromatic carbocycles. The van der Waals surface area contributed by atoms with Crippen LogP contribution in [0.25, 0.3) is 0 Å². The minimum Gasteiger partial charge on any atom is -0.489 e. The Bertz CT molecular complexity index is 1280. The van der Waals surface area contributed by atoms with Crippen molar-refractivity contribution in [2.75, 3.05) is 7.11 Å². The zero-order valence-electron chi connectivity index (χ0n) is 26.9. The van der Waals surface area contributed by atoms with Crippen molar-refractivity contribution in [3.05, 3.63) is 65.7 Å². The molecule has 0 heterocycles. The summed E-state index contributed by atoms with van der Waals surface area (Å²) in [7, 11) is 1.21. The fraction of sp³-hybridized carbons (Fsp3) is 0.485. The van der Waals surface area contributed by atoms with Crippen LogP contribution in [0.5, 0.6) is 5.75 Å². The summed E-state index contributed by atoms with van der Waals surface area (Å²) >= 11 is 0. The molecule has 0 saturated carbocycles. The molecule has 12 nitrogen and oxygen atoms in total. The zero-order chi connectivity index (χ0) is 33.6. The van der Waals surface area contributed by atoms with E-state index in [2.05, 4.69) is 16.0 Å². The molecule has 0 aliphatic heterocycles. The number of esters is 1. The molecule has 5 N–H and O–H groups in total. The molecule has 0 spiro atoms. The summed E-state index contributed by atoms with van der Waals surface area (Å²) in [6, 6.07) is 13.4. The van der Waals surface area contributed by atoms with Crippen molar-refractivity contribution in [3.8, 4) is 5.75 Å². The summed E-state index contributed by atoms with van der Waals surface area (Å²) in [5.74, 6) is -1.92. The molecule has 0 aliphatic carbocycles. The summed E-state index contributed by atoms with van der Waals surface area (Å²) in [5, 5.41) is 7.83. The van der Waals surface area contributed by atoms with E-state index >= 15 is 0 Å². The van der Waals surface area contributed by atoms with Crippen LogP contribution in [-0.4, -0.2) is 60.6 Å². The molecule has 45 heavy (non-hydrogen) atoms. The maximum atomic E-state index is 13.6. The fourth-order valence-corrected chi connectivity index (χ4v) is 4.28. The molecule has 0 bridgehead atoms. The van der Waals surface area contributed by atoms with Crippen LogP contribution in [0.2, 0.25) is 0 Å². The van der Waals surface area contributed by atoms with Gasteiger partial charge in [0, 0.05) is 12.8 Å². The molecule has 0 aromatic heterocycles. The van der Waals surface area contributed by atoms with E-state index < -0.39 is 53.5 Å². The van der Waals surface area contributed by atoms with Crippen LogP contribution < -0.4 is 26.4 Å². The first kappa shape index (κ1) is 36.6. The van der Waals surface area contributed by atoms with Crippen LogP contribution in [0.4, 0.5) is 4.79 Å². The third-order valence-corrected chi connectivity index (χ3v) is 6.44. The topological polar surface area (TPSA) is 175 Å². The number of carbonyl (C=O) groups excluding carboxylic acids is 5. The Morgan fingerprint density at radius 1 is 0.800 bits per heavy atom. The highest BCUT2D eigenvalue weighted by Gasteiger charge is 2.31. The summed E-state index contributed by atoms with van der Waals surface area (Å²) < 4.78 is 16.0. The van der Waals surface area contributed by atoms with E-state index in [0.717, 1.165) is 16.9 Å². The number of nitrogens with two attached hydrogens (primary N) is 1. The molecule has 2 rings (SSSR count). The number of para-hydroxylation sites is 1. The summed E-state index contributed by atoms with van der Waals surface area (Å²) in [5.41, 5.74) is 6.11. The molecule has 12 heteroatoms. The van der Waals surface area contributed by atoms with Crippen LogP contribution in [-0.2, 0) is 41.7 Å². The second-order valence-electron chi connectivity index (χ2n) is 12.1. The lowest BCUT2D eigenvalue weighted by atomic mass is 10.0. The highest BCUT2D eigenvalue weighted by Crippen LogP contribution is 2.15. The third-order valence-electron chi connectivity index (χ3n) is 6.44. The average Bonchev–Trinajstić information content (AvgIpc) is 2.96. The molecule has 0 radical (unpaired) electrons. The SMILES string of the molecule is COC(=O)C(CC(C)C)NC(=O)C(CCC(N)=O)NC(=O)C(Cc1ccc(COc2ccccc2)cc1)NC(=O)OC(C)(C)C. The Labute approximate surface area is 264 Å². The van der Waals surface area contributed by atoms with E-state index in [0.29, 0.717) is 13.0 Å². The molecule has 0 saturated heterocycles. The van der Waals surface area contributed by atoms with Gasteiger partial charge in [-0.25, -0.2) is 9.59 Å². The number of hydrogen-bond acceptors (Lipinski definition) is 8. The number of amides is 4. The van der Waals surface area contributed by atoms with E-state index in [1.807, 2.05) is 68.4 Å². The number of ether oxygens (including phenoxy) is 3. The van der Waals surface area contributed by atoms with E-state index in [1.165, 1.54) is 7.11 Å². The van der Waals surface area contributed by atoms with Crippen molar-refractivity contribution in [2.45, 2.75) is 90.6 Å². The third kappa shape index (κ3) is 14.1. The fourth-order valence-electron chi connectivity index (χ4n) is 4.28. The Hall–Kier alpha value is -4.61. The first-order valence-electron chi connectivity index (χ1n) is 14.9. The highest BCUT2D eigenvalue weighted by molar-refractivity contribution is 5.93. The number of methoxy groups -OCH3 is 1. The van der Waals surface area contributed by atoms with Crippen molar-refractivity contribution >= 4 is 29.8 Å². The number of nitrogens with one attached hydrogen (secondary N) is 3. The second kappa shape index (κ2) is 17.6. The molecule has 0 fully saturated rings. The quantitative estimate of drug-likeness (QED) is 0.206. The number of alkyl carbamates (subject to hydrolysis) is 1. The lowest BCUT2D eigenvalue weighted by Crippen LogP contribution is -2.56. The Morgan fingerprint density at radius 2 is 1.38 bits per heavy atom. The lowest BCUT2D eigenvalue weighted by Gasteiger charge is -2.26. The minimum atomic E-state index is -1.23. The van der Waals surface area contributed by atoms with Crippen molar-refractivity contribution in [2.24, 2.45) is 11.7 Å². The Kier molecular flexibility index (Phi) is 14.3.